The molecule has 1 N–H and O–H groups in total. The summed E-state index contributed by atoms with van der Waals surface area (Å²) in [4.78, 5) is 41.4. The van der Waals surface area contributed by atoms with Gasteiger partial charge in [0, 0.05) is 51.4 Å². The molecule has 0 bridgehead atoms. The summed E-state index contributed by atoms with van der Waals surface area (Å²) in [7, 11) is 0. The number of hydrogen-bond donors (Lipinski definition) is 1. The Labute approximate surface area is 190 Å². The van der Waals surface area contributed by atoms with Crippen LogP contribution in [0.2, 0.25) is 0 Å². The largest absolute Gasteiger partial charge is 0.351 e. The predicted octanol–water partition coefficient (Wildman–Crippen LogP) is 2.80. The lowest BCUT2D eigenvalue weighted by atomic mass is 10.1. The average Bonchev–Trinajstić information content (AvgIpc) is 3.25. The topological polar surface area (TPSA) is 135 Å². The molecule has 2 heterocycles. The Hall–Kier alpha value is -3.71. The fourth-order valence-corrected chi connectivity index (χ4v) is 4.60. The number of nitro groups is 2. The van der Waals surface area contributed by atoms with Crippen molar-refractivity contribution in [2.24, 2.45) is 0 Å². The summed E-state index contributed by atoms with van der Waals surface area (Å²) in [6.07, 6.45) is 0. The summed E-state index contributed by atoms with van der Waals surface area (Å²) in [5.74, 6) is -0.949. The van der Waals surface area contributed by atoms with E-state index in [1.807, 2.05) is 6.07 Å². The first-order valence-electron chi connectivity index (χ1n) is 10.1. The number of hydrogen-bond acceptors (Lipinski definition) is 9. The van der Waals surface area contributed by atoms with Crippen LogP contribution in [0.4, 0.5) is 20.9 Å². The molecular weight excluding hydrogens is 455 g/mol. The number of carbonyl (C=O) groups is 1. The van der Waals surface area contributed by atoms with Crippen LogP contribution < -0.4 is 10.2 Å². The Kier molecular flexibility index (Phi) is 6.42. The Bertz CT molecular complexity index is 1190. The maximum Gasteiger partial charge on any atom is 0.277 e. The molecule has 172 valence electrons. The number of halogens is 1. The van der Waals surface area contributed by atoms with Crippen molar-refractivity contribution in [2.45, 2.75) is 0 Å². The maximum absolute atomic E-state index is 13.9. The molecule has 0 radical (unpaired) electrons. The van der Waals surface area contributed by atoms with Crippen molar-refractivity contribution in [1.29, 1.82) is 0 Å². The Morgan fingerprint density at radius 1 is 1.09 bits per heavy atom. The third-order valence-electron chi connectivity index (χ3n) is 5.30. The van der Waals surface area contributed by atoms with E-state index < -0.39 is 27.1 Å². The van der Waals surface area contributed by atoms with Gasteiger partial charge in [-0.3, -0.25) is 29.9 Å². The van der Waals surface area contributed by atoms with Gasteiger partial charge in [0.1, 0.15) is 11.3 Å². The van der Waals surface area contributed by atoms with E-state index in [1.54, 1.807) is 6.07 Å². The number of nitrogens with zero attached hydrogens (tertiary/aromatic N) is 5. The molecule has 0 saturated carbocycles. The number of nitrogens with one attached hydrogen (secondary N) is 1. The second kappa shape index (κ2) is 9.42. The SMILES string of the molecule is O=C(NCCN1CCN(c2nc3c(F)cccc3s2)CC1)c1cc([N+](=O)[O-])cc([N+](=O)[O-])c1. The van der Waals surface area contributed by atoms with E-state index in [1.165, 1.54) is 17.4 Å². The van der Waals surface area contributed by atoms with Gasteiger partial charge < -0.3 is 10.2 Å². The fourth-order valence-electron chi connectivity index (χ4n) is 3.57. The maximum atomic E-state index is 13.9. The number of piperazine rings is 1. The van der Waals surface area contributed by atoms with Gasteiger partial charge in [0.2, 0.25) is 0 Å². The van der Waals surface area contributed by atoms with Crippen LogP contribution in [0.25, 0.3) is 10.2 Å². The second-order valence-corrected chi connectivity index (χ2v) is 8.43. The van der Waals surface area contributed by atoms with Crippen LogP contribution in [0.15, 0.2) is 36.4 Å². The lowest BCUT2D eigenvalue weighted by molar-refractivity contribution is -0.394. The first-order chi connectivity index (χ1) is 15.8. The third kappa shape index (κ3) is 5.04. The molecule has 33 heavy (non-hydrogen) atoms. The zero-order chi connectivity index (χ0) is 23.5. The third-order valence-corrected chi connectivity index (χ3v) is 6.38. The molecule has 1 fully saturated rings. The zero-order valence-electron chi connectivity index (χ0n) is 17.3. The summed E-state index contributed by atoms with van der Waals surface area (Å²) in [5, 5.41) is 25.4. The van der Waals surface area contributed by atoms with E-state index in [2.05, 4.69) is 20.1 Å². The summed E-state index contributed by atoms with van der Waals surface area (Å²) in [6.45, 7) is 3.67. The van der Waals surface area contributed by atoms with Crippen LogP contribution in [-0.2, 0) is 0 Å². The van der Waals surface area contributed by atoms with Crippen molar-refractivity contribution < 1.29 is 19.0 Å². The van der Waals surface area contributed by atoms with E-state index in [4.69, 9.17) is 0 Å². The number of thiazole rings is 1. The van der Waals surface area contributed by atoms with Crippen molar-refractivity contribution in [3.05, 3.63) is 68.0 Å². The van der Waals surface area contributed by atoms with Gasteiger partial charge in [0.25, 0.3) is 17.3 Å². The number of fused-ring (bicyclic) bond motifs is 1. The number of benzene rings is 2. The molecule has 1 aliphatic rings. The number of para-hydroxylation sites is 1. The van der Waals surface area contributed by atoms with Crippen LogP contribution in [0.3, 0.4) is 0 Å². The average molecular weight is 474 g/mol. The highest BCUT2D eigenvalue weighted by Gasteiger charge is 2.22. The highest BCUT2D eigenvalue weighted by molar-refractivity contribution is 7.22. The van der Waals surface area contributed by atoms with Gasteiger partial charge in [-0.15, -0.1) is 0 Å². The molecule has 0 unspecified atom stereocenters. The molecule has 1 saturated heterocycles. The first-order valence-corrected chi connectivity index (χ1v) is 10.9. The number of carbonyl (C=O) groups excluding carboxylic acids is 1. The quantitative estimate of drug-likeness (QED) is 0.408. The molecule has 0 spiro atoms. The van der Waals surface area contributed by atoms with Crippen molar-refractivity contribution in [3.8, 4) is 0 Å². The van der Waals surface area contributed by atoms with Crippen molar-refractivity contribution in [3.63, 3.8) is 0 Å². The minimum absolute atomic E-state index is 0.135. The highest BCUT2D eigenvalue weighted by atomic mass is 32.1. The first kappa shape index (κ1) is 22.5. The van der Waals surface area contributed by atoms with Crippen LogP contribution in [0, 0.1) is 26.0 Å². The van der Waals surface area contributed by atoms with Gasteiger partial charge in [0.15, 0.2) is 5.13 Å². The van der Waals surface area contributed by atoms with Gasteiger partial charge in [-0.2, -0.15) is 0 Å². The molecule has 11 nitrogen and oxygen atoms in total. The van der Waals surface area contributed by atoms with E-state index in [9.17, 15) is 29.4 Å². The lowest BCUT2D eigenvalue weighted by Gasteiger charge is -2.34. The van der Waals surface area contributed by atoms with Crippen LogP contribution in [0.5, 0.6) is 0 Å². The van der Waals surface area contributed by atoms with Crippen LogP contribution in [-0.4, -0.2) is 64.9 Å². The minimum Gasteiger partial charge on any atom is -0.351 e. The molecule has 2 aromatic carbocycles. The Morgan fingerprint density at radius 2 is 1.76 bits per heavy atom. The summed E-state index contributed by atoms with van der Waals surface area (Å²) < 4.78 is 14.7. The molecule has 0 atom stereocenters. The van der Waals surface area contributed by atoms with E-state index in [-0.39, 0.29) is 17.9 Å². The zero-order valence-corrected chi connectivity index (χ0v) is 18.1. The number of non-ortho nitro benzene ring substituents is 2. The highest BCUT2D eigenvalue weighted by Crippen LogP contribution is 2.30. The molecule has 1 aromatic heterocycles. The molecule has 1 aliphatic heterocycles. The number of rotatable bonds is 7. The molecular formula is C20H19FN6O5S. The predicted molar refractivity (Wildman–Crippen MR) is 120 cm³/mol. The second-order valence-electron chi connectivity index (χ2n) is 7.42. The van der Waals surface area contributed by atoms with E-state index in [0.29, 0.717) is 25.2 Å². The summed E-state index contributed by atoms with van der Waals surface area (Å²) >= 11 is 1.45. The van der Waals surface area contributed by atoms with E-state index >= 15 is 0 Å². The van der Waals surface area contributed by atoms with Crippen molar-refractivity contribution >= 4 is 44.0 Å². The monoisotopic (exact) mass is 474 g/mol. The van der Waals surface area contributed by atoms with Crippen molar-refractivity contribution in [2.75, 3.05) is 44.2 Å². The lowest BCUT2D eigenvalue weighted by Crippen LogP contribution is -2.48. The number of nitro benzene ring substituents is 2. The normalized spacial score (nSPS) is 14.4. The van der Waals surface area contributed by atoms with E-state index in [0.717, 1.165) is 41.1 Å². The number of aromatic nitrogens is 1. The Balaban J connectivity index is 1.29. The van der Waals surface area contributed by atoms with Crippen LogP contribution >= 0.6 is 11.3 Å². The van der Waals surface area contributed by atoms with Gasteiger partial charge in [-0.05, 0) is 12.1 Å². The molecule has 13 heteroatoms. The van der Waals surface area contributed by atoms with Gasteiger partial charge in [-0.1, -0.05) is 17.4 Å². The summed E-state index contributed by atoms with van der Waals surface area (Å²) in [6, 6.07) is 7.75. The minimum atomic E-state index is -0.775. The molecule has 1 amide bonds. The molecule has 4 rings (SSSR count). The summed E-state index contributed by atoms with van der Waals surface area (Å²) in [5.41, 5.74) is -0.784. The molecule has 3 aromatic rings. The van der Waals surface area contributed by atoms with Gasteiger partial charge >= 0.3 is 0 Å². The number of amides is 1. The van der Waals surface area contributed by atoms with Crippen molar-refractivity contribution in [1.82, 2.24) is 15.2 Å². The standard InChI is InChI=1S/C20H19FN6O5S/c21-16-2-1-3-17-18(16)23-20(33-17)25-8-6-24(7-9-25)5-4-22-19(28)13-10-14(26(29)30)12-15(11-13)27(31)32/h1-3,10-12H,4-9H2,(H,22,28). The van der Waals surface area contributed by atoms with Crippen LogP contribution in [0.1, 0.15) is 10.4 Å². The number of anilines is 1. The van der Waals surface area contributed by atoms with Gasteiger partial charge in [-0.25, -0.2) is 9.37 Å². The molecule has 0 aliphatic carbocycles. The van der Waals surface area contributed by atoms with Gasteiger partial charge in [0.05, 0.1) is 26.2 Å². The Morgan fingerprint density at radius 3 is 2.36 bits per heavy atom. The smallest absolute Gasteiger partial charge is 0.277 e. The fraction of sp³-hybridized carbons (Fsp3) is 0.300.